The predicted molar refractivity (Wildman–Crippen MR) is 120 cm³/mol. The summed E-state index contributed by atoms with van der Waals surface area (Å²) in [7, 11) is 0. The first-order chi connectivity index (χ1) is 14.7. The minimum absolute atomic E-state index is 0.00210. The smallest absolute Gasteiger partial charge is 0.410 e. The second kappa shape index (κ2) is 8.03. The monoisotopic (exact) mass is 421 g/mol. The lowest BCUT2D eigenvalue weighted by atomic mass is 9.82. The summed E-state index contributed by atoms with van der Waals surface area (Å²) < 4.78 is 5.78. The second-order valence-electron chi connectivity index (χ2n) is 9.96. The molecule has 1 N–H and O–H groups in total. The maximum Gasteiger partial charge on any atom is 0.410 e. The number of likely N-dealkylation sites (tertiary alicyclic amines) is 1. The molecule has 5 heteroatoms. The van der Waals surface area contributed by atoms with Gasteiger partial charge in [-0.3, -0.25) is 4.90 Å². The molecule has 1 atom stereocenters. The average Bonchev–Trinajstić information content (AvgIpc) is 3.31. The van der Waals surface area contributed by atoms with E-state index >= 15 is 0 Å². The molecular weight excluding hydrogens is 390 g/mol. The highest BCUT2D eigenvalue weighted by molar-refractivity contribution is 5.85. The molecule has 0 radical (unpaired) electrons. The number of carboxylic acids is 1. The van der Waals surface area contributed by atoms with Crippen molar-refractivity contribution in [2.24, 2.45) is 5.41 Å². The van der Waals surface area contributed by atoms with Crippen LogP contribution in [-0.4, -0.2) is 40.8 Å². The van der Waals surface area contributed by atoms with E-state index in [4.69, 9.17) is 4.74 Å². The van der Waals surface area contributed by atoms with Crippen LogP contribution in [-0.2, 0) is 9.53 Å². The van der Waals surface area contributed by atoms with Crippen molar-refractivity contribution in [1.29, 1.82) is 0 Å². The third-order valence-electron chi connectivity index (χ3n) is 6.73. The highest BCUT2D eigenvalue weighted by Crippen LogP contribution is 2.45. The van der Waals surface area contributed by atoms with Gasteiger partial charge in [0.25, 0.3) is 0 Å². The average molecular weight is 422 g/mol. The Bertz CT molecular complexity index is 947. The molecule has 2 aliphatic rings. The number of fused-ring (bicyclic) bond motifs is 3. The number of ether oxygens (including phenoxy) is 1. The largest absolute Gasteiger partial charge is 0.479 e. The maximum atomic E-state index is 13.1. The molecule has 0 aromatic heterocycles. The van der Waals surface area contributed by atoms with Crippen LogP contribution in [0.1, 0.15) is 63.5 Å². The number of rotatable bonds is 5. The summed E-state index contributed by atoms with van der Waals surface area (Å²) in [6.07, 6.45) is 1.81. The first-order valence-corrected chi connectivity index (χ1v) is 11.1. The molecule has 4 rings (SSSR count). The minimum atomic E-state index is -1.17. The van der Waals surface area contributed by atoms with E-state index in [1.807, 2.05) is 24.3 Å². The third kappa shape index (κ3) is 3.93. The van der Waals surface area contributed by atoms with Crippen molar-refractivity contribution in [2.45, 2.75) is 57.9 Å². The third-order valence-corrected chi connectivity index (χ3v) is 6.73. The molecule has 2 aromatic carbocycles. The first kappa shape index (κ1) is 21.4. The Morgan fingerprint density at radius 3 is 2.19 bits per heavy atom. The van der Waals surface area contributed by atoms with Crippen LogP contribution in [0.4, 0.5) is 4.79 Å². The van der Waals surface area contributed by atoms with Gasteiger partial charge < -0.3 is 9.84 Å². The molecular formula is C26H31NO4. The number of benzene rings is 2. The van der Waals surface area contributed by atoms with Gasteiger partial charge in [-0.15, -0.1) is 0 Å². The molecule has 0 unspecified atom stereocenters. The summed E-state index contributed by atoms with van der Waals surface area (Å²) in [6, 6.07) is 16.4. The highest BCUT2D eigenvalue weighted by atomic mass is 16.6. The molecule has 1 amide bonds. The van der Waals surface area contributed by atoms with Crippen LogP contribution in [0.15, 0.2) is 48.5 Å². The molecule has 1 heterocycles. The Balaban J connectivity index is 1.52. The summed E-state index contributed by atoms with van der Waals surface area (Å²) in [5, 5.41) is 10.1. The van der Waals surface area contributed by atoms with Gasteiger partial charge in [0.2, 0.25) is 0 Å². The zero-order valence-corrected chi connectivity index (χ0v) is 18.6. The van der Waals surface area contributed by atoms with E-state index in [0.717, 1.165) is 17.5 Å². The van der Waals surface area contributed by atoms with Crippen molar-refractivity contribution in [3.05, 3.63) is 59.7 Å². The van der Waals surface area contributed by atoms with Crippen LogP contribution in [0.25, 0.3) is 11.1 Å². The van der Waals surface area contributed by atoms with Gasteiger partial charge in [0.05, 0.1) is 0 Å². The van der Waals surface area contributed by atoms with Crippen molar-refractivity contribution in [3.63, 3.8) is 0 Å². The Morgan fingerprint density at radius 2 is 1.65 bits per heavy atom. The number of carbonyl (C=O) groups is 2. The van der Waals surface area contributed by atoms with Crippen molar-refractivity contribution in [3.8, 4) is 11.1 Å². The molecule has 1 fully saturated rings. The summed E-state index contributed by atoms with van der Waals surface area (Å²) in [6.45, 7) is 6.91. The van der Waals surface area contributed by atoms with Crippen LogP contribution >= 0.6 is 0 Å². The van der Waals surface area contributed by atoms with Crippen LogP contribution < -0.4 is 0 Å². The van der Waals surface area contributed by atoms with Crippen molar-refractivity contribution in [2.75, 3.05) is 13.2 Å². The maximum absolute atomic E-state index is 13.1. The van der Waals surface area contributed by atoms with Crippen LogP contribution in [0.5, 0.6) is 0 Å². The van der Waals surface area contributed by atoms with Gasteiger partial charge in [0.15, 0.2) is 0 Å². The lowest BCUT2D eigenvalue weighted by Gasteiger charge is -2.36. The van der Waals surface area contributed by atoms with Gasteiger partial charge >= 0.3 is 12.1 Å². The van der Waals surface area contributed by atoms with Gasteiger partial charge in [-0.2, -0.15) is 0 Å². The zero-order valence-electron chi connectivity index (χ0n) is 18.6. The highest BCUT2D eigenvalue weighted by Gasteiger charge is 2.51. The van der Waals surface area contributed by atoms with Crippen LogP contribution in [0.2, 0.25) is 0 Å². The zero-order chi connectivity index (χ0) is 22.2. The summed E-state index contributed by atoms with van der Waals surface area (Å²) in [4.78, 5) is 26.9. The molecule has 0 saturated carbocycles. The Kier molecular flexibility index (Phi) is 5.54. The van der Waals surface area contributed by atoms with Gasteiger partial charge in [-0.05, 0) is 53.4 Å². The first-order valence-electron chi connectivity index (χ1n) is 11.1. The number of nitrogens with zero attached hydrogens (tertiary/aromatic N) is 1. The number of carbonyl (C=O) groups excluding carboxylic acids is 1. The van der Waals surface area contributed by atoms with Crippen molar-refractivity contribution in [1.82, 2.24) is 4.90 Å². The molecule has 31 heavy (non-hydrogen) atoms. The summed E-state index contributed by atoms with van der Waals surface area (Å²) in [5.74, 6) is -0.962. The molecule has 0 bridgehead atoms. The van der Waals surface area contributed by atoms with E-state index in [9.17, 15) is 14.7 Å². The fraction of sp³-hybridized carbons (Fsp3) is 0.462. The SMILES string of the molecule is CC(C)(C)CC[C@@]1(C(=O)O)CCCN1C(=O)OCC1c2ccccc2-c2ccccc21. The molecule has 1 aliphatic carbocycles. The number of aliphatic carboxylic acids is 1. The van der Waals surface area contributed by atoms with Crippen molar-refractivity contribution >= 4 is 12.1 Å². The molecule has 1 aliphatic heterocycles. The van der Waals surface area contributed by atoms with E-state index in [1.54, 1.807) is 0 Å². The minimum Gasteiger partial charge on any atom is -0.479 e. The number of carboxylic acid groups (broad SMARTS) is 1. The number of amides is 1. The van der Waals surface area contributed by atoms with Crippen LogP contribution in [0, 0.1) is 5.41 Å². The van der Waals surface area contributed by atoms with Crippen LogP contribution in [0.3, 0.4) is 0 Å². The Labute approximate surface area is 184 Å². The Morgan fingerprint density at radius 1 is 1.06 bits per heavy atom. The van der Waals surface area contributed by atoms with E-state index < -0.39 is 17.6 Å². The van der Waals surface area contributed by atoms with Gasteiger partial charge in [-0.25, -0.2) is 9.59 Å². The fourth-order valence-corrected chi connectivity index (χ4v) is 4.99. The van der Waals surface area contributed by atoms with Crippen molar-refractivity contribution < 1.29 is 19.4 Å². The molecule has 2 aromatic rings. The lowest BCUT2D eigenvalue weighted by Crippen LogP contribution is -2.53. The van der Waals surface area contributed by atoms with Gasteiger partial charge in [-0.1, -0.05) is 69.3 Å². The van der Waals surface area contributed by atoms with E-state index in [2.05, 4.69) is 45.0 Å². The number of hydrogen-bond acceptors (Lipinski definition) is 3. The molecule has 1 saturated heterocycles. The topological polar surface area (TPSA) is 66.8 Å². The molecule has 0 spiro atoms. The Hall–Kier alpha value is -2.82. The quantitative estimate of drug-likeness (QED) is 0.674. The second-order valence-corrected chi connectivity index (χ2v) is 9.96. The normalized spacial score (nSPS) is 20.4. The summed E-state index contributed by atoms with van der Waals surface area (Å²) >= 11 is 0. The van der Waals surface area contributed by atoms with E-state index in [1.165, 1.54) is 16.0 Å². The van der Waals surface area contributed by atoms with Gasteiger partial charge in [0, 0.05) is 12.5 Å². The predicted octanol–water partition coefficient (Wildman–Crippen LogP) is 5.68. The van der Waals surface area contributed by atoms with E-state index in [-0.39, 0.29) is 17.9 Å². The fourth-order valence-electron chi connectivity index (χ4n) is 4.99. The molecule has 164 valence electrons. The lowest BCUT2D eigenvalue weighted by molar-refractivity contribution is -0.149. The summed E-state index contributed by atoms with van der Waals surface area (Å²) in [5.41, 5.74) is 3.47. The van der Waals surface area contributed by atoms with Gasteiger partial charge in [0.1, 0.15) is 12.1 Å². The molecule has 5 nitrogen and oxygen atoms in total. The standard InChI is InChI=1S/C26H31NO4/c1-25(2,3)14-15-26(23(28)29)13-8-16-27(26)24(30)31-17-22-20-11-6-4-9-18(20)19-10-5-7-12-21(19)22/h4-7,9-12,22H,8,13-17H2,1-3H3,(H,28,29)/t26-/m1/s1. The van der Waals surface area contributed by atoms with E-state index in [0.29, 0.717) is 25.8 Å². The number of hydrogen-bond donors (Lipinski definition) is 1.